The predicted octanol–water partition coefficient (Wildman–Crippen LogP) is 2.18. The van der Waals surface area contributed by atoms with Crippen LogP contribution >= 0.6 is 0 Å². The Labute approximate surface area is 118 Å². The maximum atomic E-state index is 8.81. The zero-order valence-corrected chi connectivity index (χ0v) is 11.5. The smallest absolute Gasteiger partial charge is 0.0640 e. The lowest BCUT2D eigenvalue weighted by molar-refractivity contribution is 0.205. The Morgan fingerprint density at radius 2 is 2.15 bits per heavy atom. The third-order valence-electron chi connectivity index (χ3n) is 3.23. The quantitative estimate of drug-likeness (QED) is 0.814. The number of methoxy groups -OCH3 is 1. The molecule has 0 aliphatic carbocycles. The second-order valence-corrected chi connectivity index (χ2v) is 4.48. The van der Waals surface area contributed by atoms with E-state index in [1.807, 2.05) is 18.2 Å². The highest BCUT2D eigenvalue weighted by Crippen LogP contribution is 2.30. The summed E-state index contributed by atoms with van der Waals surface area (Å²) in [6.45, 7) is 2.02. The highest BCUT2D eigenvalue weighted by atomic mass is 16.5. The van der Waals surface area contributed by atoms with Gasteiger partial charge in [-0.05, 0) is 18.2 Å². The molecule has 20 heavy (non-hydrogen) atoms. The van der Waals surface area contributed by atoms with E-state index in [1.54, 1.807) is 19.5 Å². The molecule has 1 aromatic carbocycles. The van der Waals surface area contributed by atoms with Crippen molar-refractivity contribution in [3.63, 3.8) is 0 Å². The van der Waals surface area contributed by atoms with Crippen molar-refractivity contribution in [2.24, 2.45) is 0 Å². The van der Waals surface area contributed by atoms with Crippen molar-refractivity contribution in [2.75, 3.05) is 37.4 Å². The lowest BCUT2D eigenvalue weighted by Gasteiger charge is -2.25. The van der Waals surface area contributed by atoms with Crippen LogP contribution in [-0.4, -0.2) is 31.8 Å². The number of nitrogens with zero attached hydrogens (tertiary/aromatic N) is 3. The first kappa shape index (κ1) is 14.1. The van der Waals surface area contributed by atoms with Gasteiger partial charge < -0.3 is 15.4 Å². The Balaban J connectivity index is 2.42. The molecule has 2 N–H and O–H groups in total. The van der Waals surface area contributed by atoms with Gasteiger partial charge in [0, 0.05) is 54.7 Å². The van der Waals surface area contributed by atoms with Crippen molar-refractivity contribution in [3.8, 4) is 6.07 Å². The lowest BCUT2D eigenvalue weighted by Crippen LogP contribution is -2.28. The summed E-state index contributed by atoms with van der Waals surface area (Å²) >= 11 is 0. The minimum absolute atomic E-state index is 0.473. The SMILES string of the molecule is COCCN(CCC#N)c1ccc(N)c2cnccc12. The van der Waals surface area contributed by atoms with E-state index in [9.17, 15) is 0 Å². The van der Waals surface area contributed by atoms with Gasteiger partial charge in [0.2, 0.25) is 0 Å². The number of ether oxygens (including phenoxy) is 1. The zero-order chi connectivity index (χ0) is 14.4. The van der Waals surface area contributed by atoms with Crippen LogP contribution in [0.3, 0.4) is 0 Å². The summed E-state index contributed by atoms with van der Waals surface area (Å²) in [4.78, 5) is 6.27. The third kappa shape index (κ3) is 2.98. The summed E-state index contributed by atoms with van der Waals surface area (Å²) in [7, 11) is 1.67. The number of nitrogen functional groups attached to an aromatic ring is 1. The van der Waals surface area contributed by atoms with Crippen molar-refractivity contribution < 1.29 is 4.74 Å². The van der Waals surface area contributed by atoms with Gasteiger partial charge in [0.1, 0.15) is 0 Å². The van der Waals surface area contributed by atoms with Crippen LogP contribution < -0.4 is 10.6 Å². The van der Waals surface area contributed by atoms with E-state index in [-0.39, 0.29) is 0 Å². The average Bonchev–Trinajstić information content (AvgIpc) is 2.49. The molecule has 0 atom stereocenters. The van der Waals surface area contributed by atoms with Gasteiger partial charge in [-0.1, -0.05) is 0 Å². The van der Waals surface area contributed by atoms with E-state index in [2.05, 4.69) is 16.0 Å². The van der Waals surface area contributed by atoms with Crippen LogP contribution in [0.2, 0.25) is 0 Å². The number of rotatable bonds is 6. The zero-order valence-electron chi connectivity index (χ0n) is 11.5. The van der Waals surface area contributed by atoms with Crippen LogP contribution in [0.4, 0.5) is 11.4 Å². The Kier molecular flexibility index (Phi) is 4.75. The normalized spacial score (nSPS) is 10.4. The van der Waals surface area contributed by atoms with E-state index >= 15 is 0 Å². The molecule has 0 amide bonds. The average molecular weight is 270 g/mol. The molecule has 0 radical (unpaired) electrons. The van der Waals surface area contributed by atoms with Crippen molar-refractivity contribution in [3.05, 3.63) is 30.6 Å². The molecule has 0 aliphatic heterocycles. The maximum Gasteiger partial charge on any atom is 0.0640 e. The minimum Gasteiger partial charge on any atom is -0.398 e. The van der Waals surface area contributed by atoms with E-state index in [1.165, 1.54) is 0 Å². The highest BCUT2D eigenvalue weighted by Gasteiger charge is 2.11. The number of pyridine rings is 1. The molecule has 1 heterocycles. The molecular weight excluding hydrogens is 252 g/mol. The summed E-state index contributed by atoms with van der Waals surface area (Å²) in [5.41, 5.74) is 7.76. The van der Waals surface area contributed by atoms with Crippen LogP contribution in [0.1, 0.15) is 6.42 Å². The molecule has 104 valence electrons. The van der Waals surface area contributed by atoms with Gasteiger partial charge in [-0.25, -0.2) is 0 Å². The Morgan fingerprint density at radius 3 is 2.90 bits per heavy atom. The number of hydrogen-bond acceptors (Lipinski definition) is 5. The Bertz CT molecular complexity index is 621. The van der Waals surface area contributed by atoms with E-state index in [4.69, 9.17) is 15.7 Å². The van der Waals surface area contributed by atoms with Crippen molar-refractivity contribution >= 4 is 22.1 Å². The number of fused-ring (bicyclic) bond motifs is 1. The molecule has 0 saturated carbocycles. The van der Waals surface area contributed by atoms with E-state index in [0.717, 1.165) is 23.0 Å². The van der Waals surface area contributed by atoms with Crippen LogP contribution in [0, 0.1) is 11.3 Å². The maximum absolute atomic E-state index is 8.81. The number of nitriles is 1. The first-order valence-corrected chi connectivity index (χ1v) is 6.51. The predicted molar refractivity (Wildman–Crippen MR) is 80.5 cm³/mol. The summed E-state index contributed by atoms with van der Waals surface area (Å²) < 4.78 is 5.15. The van der Waals surface area contributed by atoms with Gasteiger partial charge >= 0.3 is 0 Å². The fourth-order valence-electron chi connectivity index (χ4n) is 2.21. The van der Waals surface area contributed by atoms with Crippen LogP contribution in [0.25, 0.3) is 10.8 Å². The molecule has 2 rings (SSSR count). The summed E-state index contributed by atoms with van der Waals surface area (Å²) in [5, 5.41) is 10.8. The molecule has 0 aliphatic rings. The van der Waals surface area contributed by atoms with Crippen molar-refractivity contribution in [1.82, 2.24) is 4.98 Å². The molecule has 1 aromatic heterocycles. The Morgan fingerprint density at radius 1 is 1.30 bits per heavy atom. The third-order valence-corrected chi connectivity index (χ3v) is 3.23. The van der Waals surface area contributed by atoms with Crippen LogP contribution in [-0.2, 0) is 4.74 Å². The summed E-state index contributed by atoms with van der Waals surface area (Å²) in [6.07, 6.45) is 4.00. The van der Waals surface area contributed by atoms with Crippen LogP contribution in [0.15, 0.2) is 30.6 Å². The molecule has 0 spiro atoms. The number of nitrogens with two attached hydrogens (primary N) is 1. The first-order valence-electron chi connectivity index (χ1n) is 6.51. The second kappa shape index (κ2) is 6.73. The van der Waals surface area contributed by atoms with Gasteiger partial charge in [-0.3, -0.25) is 4.98 Å². The highest BCUT2D eigenvalue weighted by molar-refractivity contribution is 6.00. The molecule has 0 fully saturated rings. The minimum atomic E-state index is 0.473. The number of hydrogen-bond donors (Lipinski definition) is 1. The topological polar surface area (TPSA) is 75.2 Å². The van der Waals surface area contributed by atoms with Gasteiger partial charge in [-0.2, -0.15) is 5.26 Å². The summed E-state index contributed by atoms with van der Waals surface area (Å²) in [6, 6.07) is 8.01. The largest absolute Gasteiger partial charge is 0.398 e. The van der Waals surface area contributed by atoms with Gasteiger partial charge in [0.25, 0.3) is 0 Å². The van der Waals surface area contributed by atoms with Gasteiger partial charge in [0.15, 0.2) is 0 Å². The molecule has 0 saturated heterocycles. The van der Waals surface area contributed by atoms with Crippen LogP contribution in [0.5, 0.6) is 0 Å². The molecular formula is C15H18N4O. The summed E-state index contributed by atoms with van der Waals surface area (Å²) in [5.74, 6) is 0. The van der Waals surface area contributed by atoms with Gasteiger partial charge in [0.05, 0.1) is 19.1 Å². The monoisotopic (exact) mass is 270 g/mol. The number of anilines is 2. The molecule has 2 aromatic rings. The van der Waals surface area contributed by atoms with Gasteiger partial charge in [-0.15, -0.1) is 0 Å². The second-order valence-electron chi connectivity index (χ2n) is 4.48. The molecule has 0 bridgehead atoms. The fourth-order valence-corrected chi connectivity index (χ4v) is 2.21. The lowest BCUT2D eigenvalue weighted by atomic mass is 10.1. The number of aromatic nitrogens is 1. The van der Waals surface area contributed by atoms with Crippen molar-refractivity contribution in [1.29, 1.82) is 5.26 Å². The van der Waals surface area contributed by atoms with E-state index < -0.39 is 0 Å². The molecule has 5 nitrogen and oxygen atoms in total. The molecule has 0 unspecified atom stereocenters. The first-order chi connectivity index (χ1) is 9.77. The fraction of sp³-hybridized carbons (Fsp3) is 0.333. The van der Waals surface area contributed by atoms with E-state index in [0.29, 0.717) is 25.3 Å². The van der Waals surface area contributed by atoms with Crippen molar-refractivity contribution in [2.45, 2.75) is 6.42 Å². The Hall–Kier alpha value is -2.32. The number of benzene rings is 1. The standard InChI is InChI=1S/C15H18N4O/c1-20-10-9-19(8-2-6-16)15-4-3-14(17)13-11-18-7-5-12(13)15/h3-5,7,11H,2,8-10,17H2,1H3. The molecule has 5 heteroatoms.